The molecule has 1 N–H and O–H groups in total. The molecule has 1 aromatic carbocycles. The third-order valence-electron chi connectivity index (χ3n) is 4.79. The smallest absolute Gasteiger partial charge is 0.128 e. The van der Waals surface area contributed by atoms with Crippen LogP contribution in [0.1, 0.15) is 36.9 Å². The lowest BCUT2D eigenvalue weighted by atomic mass is 10.0. The van der Waals surface area contributed by atoms with Crippen molar-refractivity contribution in [1.82, 2.24) is 10.3 Å². The summed E-state index contributed by atoms with van der Waals surface area (Å²) in [6.07, 6.45) is 4.47. The van der Waals surface area contributed by atoms with Crippen molar-refractivity contribution < 1.29 is 4.39 Å². The Balaban J connectivity index is 1.63. The van der Waals surface area contributed by atoms with Crippen molar-refractivity contribution in [2.45, 2.75) is 32.4 Å². The molecule has 1 fully saturated rings. The highest BCUT2D eigenvalue weighted by molar-refractivity contribution is 5.54. The molecule has 4 nitrogen and oxygen atoms in total. The van der Waals surface area contributed by atoms with Crippen molar-refractivity contribution in [3.05, 3.63) is 53.5 Å². The van der Waals surface area contributed by atoms with Crippen LogP contribution in [-0.2, 0) is 6.54 Å². The monoisotopic (exact) mass is 342 g/mol. The van der Waals surface area contributed by atoms with E-state index in [0.29, 0.717) is 0 Å². The van der Waals surface area contributed by atoms with E-state index in [1.807, 2.05) is 31.3 Å². The second-order valence-corrected chi connectivity index (χ2v) is 6.92. The summed E-state index contributed by atoms with van der Waals surface area (Å²) in [4.78, 5) is 8.88. The van der Waals surface area contributed by atoms with Gasteiger partial charge in [0.25, 0.3) is 0 Å². The van der Waals surface area contributed by atoms with Gasteiger partial charge in [0.2, 0.25) is 0 Å². The Bertz CT molecular complexity index is 693. The van der Waals surface area contributed by atoms with E-state index >= 15 is 0 Å². The van der Waals surface area contributed by atoms with Gasteiger partial charge in [-0.25, -0.2) is 9.37 Å². The van der Waals surface area contributed by atoms with Gasteiger partial charge in [-0.2, -0.15) is 0 Å². The minimum absolute atomic E-state index is 0.122. The molecule has 1 saturated heterocycles. The number of benzene rings is 1. The van der Waals surface area contributed by atoms with Crippen molar-refractivity contribution in [3.63, 3.8) is 0 Å². The molecule has 134 valence electrons. The number of nitrogens with one attached hydrogen (secondary N) is 1. The largest absolute Gasteiger partial charge is 0.377 e. The second kappa shape index (κ2) is 7.83. The van der Waals surface area contributed by atoms with Gasteiger partial charge in [0.05, 0.1) is 0 Å². The Hall–Kier alpha value is -2.14. The number of aromatic nitrogens is 1. The number of halogens is 1. The highest BCUT2D eigenvalue weighted by Crippen LogP contribution is 2.26. The predicted octanol–water partition coefficient (Wildman–Crippen LogP) is 3.74. The first-order chi connectivity index (χ1) is 12.0. The summed E-state index contributed by atoms with van der Waals surface area (Å²) in [6, 6.07) is 9.33. The van der Waals surface area contributed by atoms with Crippen LogP contribution in [0, 0.1) is 5.82 Å². The summed E-state index contributed by atoms with van der Waals surface area (Å²) in [5, 5.41) is 3.52. The Kier molecular flexibility index (Phi) is 5.53. The molecule has 0 spiro atoms. The van der Waals surface area contributed by atoms with E-state index < -0.39 is 0 Å². The first-order valence-electron chi connectivity index (χ1n) is 8.94. The summed E-state index contributed by atoms with van der Waals surface area (Å²) in [5.41, 5.74) is 3.15. The molecule has 2 heterocycles. The predicted molar refractivity (Wildman–Crippen MR) is 102 cm³/mol. The van der Waals surface area contributed by atoms with Crippen LogP contribution in [0.15, 0.2) is 36.5 Å². The van der Waals surface area contributed by atoms with Gasteiger partial charge < -0.3 is 15.1 Å². The zero-order chi connectivity index (χ0) is 17.8. The molecule has 0 bridgehead atoms. The van der Waals surface area contributed by atoms with Crippen LogP contribution in [0.3, 0.4) is 0 Å². The number of pyridine rings is 1. The van der Waals surface area contributed by atoms with Gasteiger partial charge in [-0.1, -0.05) is 12.1 Å². The number of nitrogens with zero attached hydrogens (tertiary/aromatic N) is 3. The fraction of sp³-hybridized carbons (Fsp3) is 0.450. The van der Waals surface area contributed by atoms with E-state index in [4.69, 9.17) is 0 Å². The Morgan fingerprint density at radius 3 is 2.60 bits per heavy atom. The average Bonchev–Trinajstić information content (AvgIpc) is 3.14. The quantitative estimate of drug-likeness (QED) is 0.867. The average molecular weight is 342 g/mol. The Morgan fingerprint density at radius 1 is 1.20 bits per heavy atom. The van der Waals surface area contributed by atoms with E-state index in [0.717, 1.165) is 42.3 Å². The van der Waals surface area contributed by atoms with Gasteiger partial charge in [-0.15, -0.1) is 0 Å². The summed E-state index contributed by atoms with van der Waals surface area (Å²) in [6.45, 7) is 5.06. The summed E-state index contributed by atoms with van der Waals surface area (Å²) >= 11 is 0. The molecule has 0 unspecified atom stereocenters. The second-order valence-electron chi connectivity index (χ2n) is 6.92. The van der Waals surface area contributed by atoms with Gasteiger partial charge in [0.15, 0.2) is 0 Å². The summed E-state index contributed by atoms with van der Waals surface area (Å²) in [5.74, 6) is 0.865. The van der Waals surface area contributed by atoms with Crippen molar-refractivity contribution in [1.29, 1.82) is 0 Å². The molecule has 0 aliphatic carbocycles. The molecule has 3 rings (SSSR count). The molecule has 1 aliphatic heterocycles. The first kappa shape index (κ1) is 17.7. The van der Waals surface area contributed by atoms with Crippen LogP contribution in [-0.4, -0.2) is 32.2 Å². The van der Waals surface area contributed by atoms with Crippen LogP contribution in [0.5, 0.6) is 0 Å². The normalized spacial score (nSPS) is 15.4. The topological polar surface area (TPSA) is 31.4 Å². The van der Waals surface area contributed by atoms with Crippen LogP contribution in [0.2, 0.25) is 0 Å². The maximum absolute atomic E-state index is 13.5. The van der Waals surface area contributed by atoms with Gasteiger partial charge in [0, 0.05) is 51.7 Å². The van der Waals surface area contributed by atoms with Crippen molar-refractivity contribution in [3.8, 4) is 0 Å². The summed E-state index contributed by atoms with van der Waals surface area (Å²) in [7, 11) is 3.87. The fourth-order valence-electron chi connectivity index (χ4n) is 3.31. The third kappa shape index (κ3) is 4.28. The summed E-state index contributed by atoms with van der Waals surface area (Å²) < 4.78 is 13.5. The maximum atomic E-state index is 13.5. The zero-order valence-electron chi connectivity index (χ0n) is 15.3. The van der Waals surface area contributed by atoms with E-state index in [-0.39, 0.29) is 11.9 Å². The molecular formula is C20H27FN4. The van der Waals surface area contributed by atoms with E-state index in [9.17, 15) is 4.39 Å². The molecule has 2 aromatic rings. The van der Waals surface area contributed by atoms with Crippen molar-refractivity contribution in [2.24, 2.45) is 0 Å². The minimum atomic E-state index is -0.207. The zero-order valence-corrected chi connectivity index (χ0v) is 15.3. The molecule has 1 atom stereocenters. The third-order valence-corrected chi connectivity index (χ3v) is 4.79. The maximum Gasteiger partial charge on any atom is 0.128 e. The van der Waals surface area contributed by atoms with Crippen LogP contribution in [0.25, 0.3) is 0 Å². The standard InChI is InChI=1S/C20H27FN4/c1-15(18-8-7-17(21)12-19(18)24(2)3)22-13-16-6-9-20(23-14-16)25-10-4-5-11-25/h6-9,12,14-15,22H,4-5,10-11,13H2,1-3H3/t15-/m1/s1. The van der Waals surface area contributed by atoms with Crippen molar-refractivity contribution in [2.75, 3.05) is 37.0 Å². The molecule has 1 aliphatic rings. The molecule has 5 heteroatoms. The van der Waals surface area contributed by atoms with E-state index in [2.05, 4.69) is 34.3 Å². The molecule has 0 radical (unpaired) electrons. The first-order valence-corrected chi connectivity index (χ1v) is 8.94. The van der Waals surface area contributed by atoms with Crippen LogP contribution >= 0.6 is 0 Å². The molecule has 0 amide bonds. The molecule has 1 aromatic heterocycles. The van der Waals surface area contributed by atoms with Gasteiger partial charge in [-0.05, 0) is 49.1 Å². The van der Waals surface area contributed by atoms with Gasteiger partial charge >= 0.3 is 0 Å². The Labute approximate surface area is 149 Å². The molecule has 0 saturated carbocycles. The van der Waals surface area contributed by atoms with Crippen molar-refractivity contribution >= 4 is 11.5 Å². The number of hydrogen-bond acceptors (Lipinski definition) is 4. The van der Waals surface area contributed by atoms with Crippen LogP contribution < -0.4 is 15.1 Å². The van der Waals surface area contributed by atoms with Gasteiger partial charge in [0.1, 0.15) is 11.6 Å². The minimum Gasteiger partial charge on any atom is -0.377 e. The highest BCUT2D eigenvalue weighted by atomic mass is 19.1. The number of hydrogen-bond donors (Lipinski definition) is 1. The number of anilines is 2. The lowest BCUT2D eigenvalue weighted by Crippen LogP contribution is -2.22. The SMILES string of the molecule is C[C@@H](NCc1ccc(N2CCCC2)nc1)c1ccc(F)cc1N(C)C. The van der Waals surface area contributed by atoms with E-state index in [1.165, 1.54) is 18.9 Å². The number of rotatable bonds is 6. The lowest BCUT2D eigenvalue weighted by molar-refractivity contribution is 0.570. The van der Waals surface area contributed by atoms with Crippen LogP contribution in [0.4, 0.5) is 15.9 Å². The lowest BCUT2D eigenvalue weighted by Gasteiger charge is -2.23. The Morgan fingerprint density at radius 2 is 1.96 bits per heavy atom. The highest BCUT2D eigenvalue weighted by Gasteiger charge is 2.14. The molecular weight excluding hydrogens is 315 g/mol. The fourth-order valence-corrected chi connectivity index (χ4v) is 3.31. The van der Waals surface area contributed by atoms with Gasteiger partial charge in [-0.3, -0.25) is 0 Å². The van der Waals surface area contributed by atoms with E-state index in [1.54, 1.807) is 6.07 Å². The molecule has 25 heavy (non-hydrogen) atoms.